The lowest BCUT2D eigenvalue weighted by atomic mass is 10.0. The zero-order valence-corrected chi connectivity index (χ0v) is 12.0. The highest BCUT2D eigenvalue weighted by atomic mass is 15.0. The number of nitrogens with zero attached hydrogens (tertiary/aromatic N) is 1. The predicted octanol–water partition coefficient (Wildman–Crippen LogP) is 5.01. The van der Waals surface area contributed by atoms with Gasteiger partial charge in [0, 0.05) is 17.6 Å². The number of anilines is 1. The fraction of sp³-hybridized carbons (Fsp3) is 0.471. The van der Waals surface area contributed by atoms with Crippen LogP contribution >= 0.6 is 0 Å². The van der Waals surface area contributed by atoms with Gasteiger partial charge in [0.1, 0.15) is 5.82 Å². The van der Waals surface area contributed by atoms with Gasteiger partial charge in [-0.25, -0.2) is 4.98 Å². The molecule has 0 bridgehead atoms. The van der Waals surface area contributed by atoms with Gasteiger partial charge in [0.15, 0.2) is 0 Å². The molecule has 2 rings (SSSR count). The van der Waals surface area contributed by atoms with E-state index in [2.05, 4.69) is 54.5 Å². The van der Waals surface area contributed by atoms with E-state index < -0.39 is 0 Å². The Bertz CT molecular complexity index is 502. The number of rotatable bonds is 7. The Morgan fingerprint density at radius 1 is 1.05 bits per heavy atom. The molecule has 1 atom stereocenters. The summed E-state index contributed by atoms with van der Waals surface area (Å²) < 4.78 is 0. The molecule has 0 fully saturated rings. The molecule has 1 aromatic heterocycles. The van der Waals surface area contributed by atoms with Gasteiger partial charge < -0.3 is 5.32 Å². The van der Waals surface area contributed by atoms with E-state index in [9.17, 15) is 0 Å². The molecule has 102 valence electrons. The first-order valence-corrected chi connectivity index (χ1v) is 7.45. The third-order valence-corrected chi connectivity index (χ3v) is 3.56. The Balaban J connectivity index is 2.18. The van der Waals surface area contributed by atoms with Crippen LogP contribution in [0.1, 0.15) is 46.0 Å². The van der Waals surface area contributed by atoms with Gasteiger partial charge in [-0.3, -0.25) is 0 Å². The second-order valence-corrected chi connectivity index (χ2v) is 5.15. The van der Waals surface area contributed by atoms with Crippen molar-refractivity contribution in [2.45, 2.75) is 52.0 Å². The van der Waals surface area contributed by atoms with Crippen LogP contribution in [0.3, 0.4) is 0 Å². The van der Waals surface area contributed by atoms with Gasteiger partial charge in [-0.05, 0) is 24.3 Å². The number of unbranched alkanes of at least 4 members (excludes halogenated alkanes) is 1. The normalized spacial score (nSPS) is 12.5. The molecule has 0 radical (unpaired) electrons. The first kappa shape index (κ1) is 13.9. The standard InChI is InChI=1S/C17H24N2/c1-3-5-10-15(8-4-2)19-17-16-11-7-6-9-14(16)12-13-18-17/h6-7,9,11-13,15H,3-5,8,10H2,1-2H3,(H,18,19). The number of hydrogen-bond acceptors (Lipinski definition) is 2. The summed E-state index contributed by atoms with van der Waals surface area (Å²) in [6.45, 7) is 4.50. The molecule has 19 heavy (non-hydrogen) atoms. The molecule has 0 aliphatic heterocycles. The van der Waals surface area contributed by atoms with E-state index in [-0.39, 0.29) is 0 Å². The average molecular weight is 256 g/mol. The van der Waals surface area contributed by atoms with Gasteiger partial charge in [-0.1, -0.05) is 57.4 Å². The molecule has 0 saturated carbocycles. The van der Waals surface area contributed by atoms with E-state index in [0.29, 0.717) is 6.04 Å². The Morgan fingerprint density at radius 2 is 1.89 bits per heavy atom. The Labute approximate surface area is 116 Å². The Hall–Kier alpha value is -1.57. The quantitative estimate of drug-likeness (QED) is 0.753. The van der Waals surface area contributed by atoms with Crippen molar-refractivity contribution in [2.75, 3.05) is 5.32 Å². The molecule has 2 nitrogen and oxygen atoms in total. The number of fused-ring (bicyclic) bond motifs is 1. The predicted molar refractivity (Wildman–Crippen MR) is 83.6 cm³/mol. The highest BCUT2D eigenvalue weighted by molar-refractivity contribution is 5.91. The van der Waals surface area contributed by atoms with Crippen LogP contribution in [-0.2, 0) is 0 Å². The molecule has 1 aromatic carbocycles. The number of aromatic nitrogens is 1. The van der Waals surface area contributed by atoms with Crippen molar-refractivity contribution in [1.82, 2.24) is 4.98 Å². The molecule has 0 saturated heterocycles. The van der Waals surface area contributed by atoms with Crippen LogP contribution < -0.4 is 5.32 Å². The maximum atomic E-state index is 4.53. The van der Waals surface area contributed by atoms with Crippen molar-refractivity contribution in [1.29, 1.82) is 0 Å². The van der Waals surface area contributed by atoms with E-state index in [1.807, 2.05) is 6.20 Å². The van der Waals surface area contributed by atoms with Crippen molar-refractivity contribution >= 4 is 16.6 Å². The number of nitrogens with one attached hydrogen (secondary N) is 1. The maximum absolute atomic E-state index is 4.53. The molecule has 0 aliphatic carbocycles. The van der Waals surface area contributed by atoms with Crippen LogP contribution in [0.25, 0.3) is 10.8 Å². The molecule has 0 aliphatic rings. The smallest absolute Gasteiger partial charge is 0.134 e. The van der Waals surface area contributed by atoms with E-state index in [1.165, 1.54) is 42.9 Å². The summed E-state index contributed by atoms with van der Waals surface area (Å²) in [7, 11) is 0. The third-order valence-electron chi connectivity index (χ3n) is 3.56. The van der Waals surface area contributed by atoms with E-state index in [1.54, 1.807) is 0 Å². The lowest BCUT2D eigenvalue weighted by Crippen LogP contribution is -2.20. The summed E-state index contributed by atoms with van der Waals surface area (Å²) >= 11 is 0. The molecule has 2 heteroatoms. The molecule has 1 heterocycles. The minimum absolute atomic E-state index is 0.545. The fourth-order valence-corrected chi connectivity index (χ4v) is 2.52. The van der Waals surface area contributed by atoms with Crippen LogP contribution in [-0.4, -0.2) is 11.0 Å². The molecule has 2 aromatic rings. The molecule has 0 amide bonds. The molecular formula is C17H24N2. The summed E-state index contributed by atoms with van der Waals surface area (Å²) in [5.41, 5.74) is 0. The molecular weight excluding hydrogens is 232 g/mol. The monoisotopic (exact) mass is 256 g/mol. The third kappa shape index (κ3) is 3.69. The van der Waals surface area contributed by atoms with Crippen LogP contribution in [0.2, 0.25) is 0 Å². The van der Waals surface area contributed by atoms with Gasteiger partial charge in [-0.15, -0.1) is 0 Å². The SMILES string of the molecule is CCCCC(CCC)Nc1nccc2ccccc12. The van der Waals surface area contributed by atoms with Crippen molar-refractivity contribution in [2.24, 2.45) is 0 Å². The lowest BCUT2D eigenvalue weighted by Gasteiger charge is -2.19. The highest BCUT2D eigenvalue weighted by Crippen LogP contribution is 2.22. The molecule has 1 N–H and O–H groups in total. The van der Waals surface area contributed by atoms with E-state index in [4.69, 9.17) is 0 Å². The van der Waals surface area contributed by atoms with Crippen LogP contribution in [0.5, 0.6) is 0 Å². The van der Waals surface area contributed by atoms with Crippen LogP contribution in [0.4, 0.5) is 5.82 Å². The van der Waals surface area contributed by atoms with Gasteiger partial charge in [0.25, 0.3) is 0 Å². The first-order valence-electron chi connectivity index (χ1n) is 7.45. The summed E-state index contributed by atoms with van der Waals surface area (Å²) in [4.78, 5) is 4.53. The van der Waals surface area contributed by atoms with Crippen LogP contribution in [0, 0.1) is 0 Å². The summed E-state index contributed by atoms with van der Waals surface area (Å²) in [5, 5.41) is 6.13. The number of pyridine rings is 1. The average Bonchev–Trinajstić information content (AvgIpc) is 2.45. The van der Waals surface area contributed by atoms with Crippen molar-refractivity contribution in [3.8, 4) is 0 Å². The highest BCUT2D eigenvalue weighted by Gasteiger charge is 2.09. The van der Waals surface area contributed by atoms with Crippen LogP contribution in [0.15, 0.2) is 36.5 Å². The second-order valence-electron chi connectivity index (χ2n) is 5.15. The van der Waals surface area contributed by atoms with Gasteiger partial charge in [0.2, 0.25) is 0 Å². The fourth-order valence-electron chi connectivity index (χ4n) is 2.52. The maximum Gasteiger partial charge on any atom is 0.134 e. The van der Waals surface area contributed by atoms with Crippen molar-refractivity contribution in [3.63, 3.8) is 0 Å². The van der Waals surface area contributed by atoms with Gasteiger partial charge in [-0.2, -0.15) is 0 Å². The topological polar surface area (TPSA) is 24.9 Å². The van der Waals surface area contributed by atoms with Gasteiger partial charge in [0.05, 0.1) is 0 Å². The van der Waals surface area contributed by atoms with Crippen molar-refractivity contribution < 1.29 is 0 Å². The zero-order valence-electron chi connectivity index (χ0n) is 12.0. The lowest BCUT2D eigenvalue weighted by molar-refractivity contribution is 0.563. The largest absolute Gasteiger partial charge is 0.367 e. The number of benzene rings is 1. The number of hydrogen-bond donors (Lipinski definition) is 1. The van der Waals surface area contributed by atoms with Gasteiger partial charge >= 0.3 is 0 Å². The Morgan fingerprint density at radius 3 is 2.68 bits per heavy atom. The first-order chi connectivity index (χ1) is 9.35. The second kappa shape index (κ2) is 7.13. The summed E-state index contributed by atoms with van der Waals surface area (Å²) in [6, 6.07) is 11.1. The van der Waals surface area contributed by atoms with Crippen molar-refractivity contribution in [3.05, 3.63) is 36.5 Å². The Kier molecular flexibility index (Phi) is 5.20. The summed E-state index contributed by atoms with van der Waals surface area (Å²) in [6.07, 6.45) is 8.09. The minimum atomic E-state index is 0.545. The zero-order chi connectivity index (χ0) is 13.5. The molecule has 0 spiro atoms. The van der Waals surface area contributed by atoms with E-state index in [0.717, 1.165) is 5.82 Å². The molecule has 1 unspecified atom stereocenters. The summed E-state index contributed by atoms with van der Waals surface area (Å²) in [5.74, 6) is 1.03. The van der Waals surface area contributed by atoms with E-state index >= 15 is 0 Å². The minimum Gasteiger partial charge on any atom is -0.367 e.